The van der Waals surface area contributed by atoms with Gasteiger partial charge in [-0.25, -0.2) is 0 Å². The molecular formula is C11H11NO2S. The van der Waals surface area contributed by atoms with Crippen molar-refractivity contribution in [2.75, 3.05) is 0 Å². The van der Waals surface area contributed by atoms with Crippen molar-refractivity contribution in [3.05, 3.63) is 28.5 Å². The summed E-state index contributed by atoms with van der Waals surface area (Å²) in [5, 5.41) is 3.89. The summed E-state index contributed by atoms with van der Waals surface area (Å²) in [6, 6.07) is 3.78. The van der Waals surface area contributed by atoms with Gasteiger partial charge in [0.2, 0.25) is 0 Å². The van der Waals surface area contributed by atoms with Crippen LogP contribution in [-0.4, -0.2) is 10.9 Å². The first-order valence-corrected chi connectivity index (χ1v) is 5.45. The Morgan fingerprint density at radius 3 is 2.60 bits per heavy atom. The zero-order valence-electron chi connectivity index (χ0n) is 8.83. The summed E-state index contributed by atoms with van der Waals surface area (Å²) in [4.78, 5) is 13.0. The maximum absolute atomic E-state index is 11.2. The molecule has 2 rings (SSSR count). The largest absolute Gasteiger partial charge is 0.361 e. The van der Waals surface area contributed by atoms with E-state index >= 15 is 0 Å². The molecule has 3 nitrogen and oxygen atoms in total. The first kappa shape index (κ1) is 10.1. The van der Waals surface area contributed by atoms with Crippen LogP contribution in [0.5, 0.6) is 0 Å². The summed E-state index contributed by atoms with van der Waals surface area (Å²) in [5.41, 5.74) is 1.87. The van der Waals surface area contributed by atoms with Crippen molar-refractivity contribution < 1.29 is 9.32 Å². The van der Waals surface area contributed by atoms with Crippen molar-refractivity contribution in [2.45, 2.75) is 20.8 Å². The van der Waals surface area contributed by atoms with Crippen LogP contribution in [0, 0.1) is 13.8 Å². The van der Waals surface area contributed by atoms with Crippen molar-refractivity contribution in [3.8, 4) is 10.4 Å². The van der Waals surface area contributed by atoms with Gasteiger partial charge in [0, 0.05) is 4.88 Å². The van der Waals surface area contributed by atoms with Crippen LogP contribution >= 0.6 is 11.3 Å². The molecular weight excluding hydrogens is 210 g/mol. The molecule has 0 saturated heterocycles. The van der Waals surface area contributed by atoms with Crippen molar-refractivity contribution >= 4 is 17.1 Å². The molecule has 0 fully saturated rings. The van der Waals surface area contributed by atoms with E-state index in [2.05, 4.69) is 5.16 Å². The van der Waals surface area contributed by atoms with E-state index in [1.54, 1.807) is 6.92 Å². The van der Waals surface area contributed by atoms with Gasteiger partial charge in [0.05, 0.1) is 16.1 Å². The average molecular weight is 221 g/mol. The van der Waals surface area contributed by atoms with Crippen molar-refractivity contribution in [1.82, 2.24) is 5.16 Å². The molecule has 0 atom stereocenters. The van der Waals surface area contributed by atoms with Crippen LogP contribution in [0.1, 0.15) is 28.0 Å². The van der Waals surface area contributed by atoms with E-state index in [1.165, 1.54) is 11.3 Å². The van der Waals surface area contributed by atoms with E-state index in [0.29, 0.717) is 0 Å². The highest BCUT2D eigenvalue weighted by Gasteiger charge is 2.14. The minimum Gasteiger partial charge on any atom is -0.361 e. The van der Waals surface area contributed by atoms with Crippen LogP contribution in [-0.2, 0) is 0 Å². The van der Waals surface area contributed by atoms with Crippen molar-refractivity contribution in [1.29, 1.82) is 0 Å². The van der Waals surface area contributed by atoms with Crippen LogP contribution in [0.2, 0.25) is 0 Å². The molecule has 0 bridgehead atoms. The number of thiophene rings is 1. The number of hydrogen-bond acceptors (Lipinski definition) is 4. The zero-order chi connectivity index (χ0) is 11.0. The highest BCUT2D eigenvalue weighted by molar-refractivity contribution is 7.17. The lowest BCUT2D eigenvalue weighted by Crippen LogP contribution is -1.83. The van der Waals surface area contributed by atoms with Crippen LogP contribution in [0.25, 0.3) is 10.4 Å². The van der Waals surface area contributed by atoms with E-state index in [-0.39, 0.29) is 5.78 Å². The summed E-state index contributed by atoms with van der Waals surface area (Å²) >= 11 is 1.48. The molecule has 15 heavy (non-hydrogen) atoms. The Morgan fingerprint density at radius 2 is 2.13 bits per heavy atom. The van der Waals surface area contributed by atoms with Gasteiger partial charge in [0.1, 0.15) is 5.76 Å². The molecule has 0 aromatic carbocycles. The fraction of sp³-hybridized carbons (Fsp3) is 0.273. The van der Waals surface area contributed by atoms with E-state index in [0.717, 1.165) is 26.8 Å². The maximum atomic E-state index is 11.2. The van der Waals surface area contributed by atoms with Gasteiger partial charge in [-0.1, -0.05) is 5.16 Å². The van der Waals surface area contributed by atoms with Crippen LogP contribution < -0.4 is 0 Å². The van der Waals surface area contributed by atoms with Crippen LogP contribution in [0.3, 0.4) is 0 Å². The first-order valence-electron chi connectivity index (χ1n) is 4.63. The van der Waals surface area contributed by atoms with Gasteiger partial charge < -0.3 is 4.52 Å². The minimum atomic E-state index is 0.0954. The fourth-order valence-electron chi connectivity index (χ4n) is 1.50. The molecule has 78 valence electrons. The quantitative estimate of drug-likeness (QED) is 0.731. The monoisotopic (exact) mass is 221 g/mol. The molecule has 2 aromatic heterocycles. The van der Waals surface area contributed by atoms with Crippen molar-refractivity contribution in [2.24, 2.45) is 0 Å². The van der Waals surface area contributed by atoms with Crippen LogP contribution in [0.15, 0.2) is 16.7 Å². The summed E-state index contributed by atoms with van der Waals surface area (Å²) in [6.07, 6.45) is 0. The fourth-order valence-corrected chi connectivity index (χ4v) is 2.54. The molecule has 0 amide bonds. The molecule has 0 saturated carbocycles. The Hall–Kier alpha value is -1.42. The molecule has 0 N–H and O–H groups in total. The Kier molecular flexibility index (Phi) is 2.44. The predicted molar refractivity (Wildman–Crippen MR) is 59.3 cm³/mol. The van der Waals surface area contributed by atoms with E-state index in [4.69, 9.17) is 4.52 Å². The highest BCUT2D eigenvalue weighted by Crippen LogP contribution is 2.32. The average Bonchev–Trinajstić information content (AvgIpc) is 2.73. The Labute approximate surface area is 91.7 Å². The number of rotatable bonds is 2. The topological polar surface area (TPSA) is 43.1 Å². The Morgan fingerprint density at radius 1 is 1.40 bits per heavy atom. The summed E-state index contributed by atoms with van der Waals surface area (Å²) in [5.74, 6) is 0.891. The molecule has 0 spiro atoms. The normalized spacial score (nSPS) is 10.6. The third kappa shape index (κ3) is 1.72. The molecule has 0 aliphatic heterocycles. The SMILES string of the molecule is CC(=O)c1ccc(-c2c(C)noc2C)s1. The van der Waals surface area contributed by atoms with E-state index in [9.17, 15) is 4.79 Å². The minimum absolute atomic E-state index is 0.0954. The van der Waals surface area contributed by atoms with Gasteiger partial charge in [-0.15, -0.1) is 11.3 Å². The summed E-state index contributed by atoms with van der Waals surface area (Å²) in [6.45, 7) is 5.35. The van der Waals surface area contributed by atoms with E-state index < -0.39 is 0 Å². The summed E-state index contributed by atoms with van der Waals surface area (Å²) in [7, 11) is 0. The predicted octanol–water partition coefficient (Wildman–Crippen LogP) is 3.22. The van der Waals surface area contributed by atoms with E-state index in [1.807, 2.05) is 26.0 Å². The number of carbonyl (C=O) groups is 1. The lowest BCUT2D eigenvalue weighted by Gasteiger charge is -1.93. The molecule has 2 heterocycles. The van der Waals surface area contributed by atoms with Gasteiger partial charge in [-0.3, -0.25) is 4.79 Å². The van der Waals surface area contributed by atoms with Gasteiger partial charge in [-0.05, 0) is 32.9 Å². The number of aryl methyl sites for hydroxylation is 2. The number of aromatic nitrogens is 1. The van der Waals surface area contributed by atoms with Gasteiger partial charge in [0.25, 0.3) is 0 Å². The third-order valence-corrected chi connectivity index (χ3v) is 3.44. The number of ketones is 1. The van der Waals surface area contributed by atoms with Crippen LogP contribution in [0.4, 0.5) is 0 Å². The smallest absolute Gasteiger partial charge is 0.169 e. The number of carbonyl (C=O) groups excluding carboxylic acids is 1. The number of Topliss-reactive ketones (excluding diaryl/α,β-unsaturated/α-hetero) is 1. The second kappa shape index (κ2) is 3.62. The van der Waals surface area contributed by atoms with Gasteiger partial charge in [0.15, 0.2) is 5.78 Å². The lowest BCUT2D eigenvalue weighted by molar-refractivity contribution is 0.102. The maximum Gasteiger partial charge on any atom is 0.169 e. The lowest BCUT2D eigenvalue weighted by atomic mass is 10.2. The standard InChI is InChI=1S/C11H11NO2S/c1-6-11(8(3)14-12-6)10-5-4-9(15-10)7(2)13/h4-5H,1-3H3. The van der Waals surface area contributed by atoms with Gasteiger partial charge >= 0.3 is 0 Å². The molecule has 0 radical (unpaired) electrons. The molecule has 4 heteroatoms. The molecule has 0 unspecified atom stereocenters. The first-order chi connectivity index (χ1) is 7.09. The van der Waals surface area contributed by atoms with Gasteiger partial charge in [-0.2, -0.15) is 0 Å². The zero-order valence-corrected chi connectivity index (χ0v) is 9.64. The second-order valence-corrected chi connectivity index (χ2v) is 4.50. The number of nitrogens with zero attached hydrogens (tertiary/aromatic N) is 1. The highest BCUT2D eigenvalue weighted by atomic mass is 32.1. The van der Waals surface area contributed by atoms with Crippen molar-refractivity contribution in [3.63, 3.8) is 0 Å². The molecule has 0 aliphatic carbocycles. The number of hydrogen-bond donors (Lipinski definition) is 0. The Balaban J connectivity index is 2.50. The third-order valence-electron chi connectivity index (χ3n) is 2.23. The summed E-state index contributed by atoms with van der Waals surface area (Å²) < 4.78 is 5.09. The second-order valence-electron chi connectivity index (χ2n) is 3.42. The molecule has 0 aliphatic rings. The Bertz CT molecular complexity index is 491. The molecule has 2 aromatic rings.